The van der Waals surface area contributed by atoms with Crippen molar-refractivity contribution in [3.05, 3.63) is 12.2 Å². The molecular formula is C18H7F27O2. The Bertz CT molecular complexity index is 1190. The molecule has 29 heteroatoms. The fourth-order valence-electron chi connectivity index (χ4n) is 2.69. The molecule has 0 aliphatic rings. The van der Waals surface area contributed by atoms with E-state index in [4.69, 9.17) is 0 Å². The molecule has 280 valence electrons. The molecule has 0 heterocycles. The van der Waals surface area contributed by atoms with Crippen molar-refractivity contribution < 1.29 is 128 Å². The van der Waals surface area contributed by atoms with E-state index in [9.17, 15) is 123 Å². The number of hydrogen-bond acceptors (Lipinski definition) is 2. The molecule has 47 heavy (non-hydrogen) atoms. The molecule has 0 aliphatic carbocycles. The highest BCUT2D eigenvalue weighted by atomic mass is 19.4. The number of carbonyl (C=O) groups excluding carboxylic acids is 1. The third kappa shape index (κ3) is 5.28. The Morgan fingerprint density at radius 2 is 0.596 bits per heavy atom. The molecule has 0 aromatic rings. The van der Waals surface area contributed by atoms with Crippen LogP contribution in [0.2, 0.25) is 0 Å². The number of ether oxygens (including phenoxy) is 1. The van der Waals surface area contributed by atoms with Crippen molar-refractivity contribution in [1.29, 1.82) is 0 Å². The van der Waals surface area contributed by atoms with E-state index in [1.807, 2.05) is 0 Å². The summed E-state index contributed by atoms with van der Waals surface area (Å²) in [4.78, 5) is 11.1. The maximum atomic E-state index is 13.8. The second-order valence-electron chi connectivity index (χ2n) is 8.59. The van der Waals surface area contributed by atoms with Crippen LogP contribution in [0.15, 0.2) is 12.2 Å². The number of rotatable bonds is 14. The van der Waals surface area contributed by atoms with Crippen LogP contribution in [0.4, 0.5) is 119 Å². The predicted octanol–water partition coefficient (Wildman–Crippen LogP) is 9.29. The Kier molecular flexibility index (Phi) is 10.5. The van der Waals surface area contributed by atoms with Gasteiger partial charge in [-0.2, -0.15) is 119 Å². The second kappa shape index (κ2) is 11.2. The molecule has 0 radical (unpaired) electrons. The normalized spacial score (nSPS) is 16.3. The molecule has 0 saturated heterocycles. The fraction of sp³-hybridized carbons (Fsp3) is 0.833. The third-order valence-corrected chi connectivity index (χ3v) is 5.59. The van der Waals surface area contributed by atoms with Crippen molar-refractivity contribution in [2.45, 2.75) is 84.2 Å². The van der Waals surface area contributed by atoms with Crippen LogP contribution in [-0.2, 0) is 9.53 Å². The highest BCUT2D eigenvalue weighted by molar-refractivity contribution is 5.90. The lowest BCUT2D eigenvalue weighted by Gasteiger charge is -2.46. The van der Waals surface area contributed by atoms with Gasteiger partial charge in [0.25, 0.3) is 0 Å². The average Bonchev–Trinajstić information content (AvgIpc) is 2.86. The maximum absolute atomic E-state index is 13.8. The van der Waals surface area contributed by atoms with Gasteiger partial charge in [-0.1, -0.05) is 6.58 Å². The minimum atomic E-state index is -9.84. The van der Waals surface area contributed by atoms with E-state index in [1.54, 1.807) is 6.58 Å². The van der Waals surface area contributed by atoms with Crippen molar-refractivity contribution in [3.63, 3.8) is 0 Å². The first-order valence-corrected chi connectivity index (χ1v) is 10.4. The van der Waals surface area contributed by atoms with Crippen molar-refractivity contribution in [2.75, 3.05) is 6.61 Å². The Morgan fingerprint density at radius 3 is 0.787 bits per heavy atom. The average molecular weight is 768 g/mol. The zero-order valence-corrected chi connectivity index (χ0v) is 20.9. The summed E-state index contributed by atoms with van der Waals surface area (Å²) in [6.07, 6.45) is -8.26. The number of halogens is 27. The molecule has 0 unspecified atom stereocenters. The molecule has 0 aromatic carbocycles. The summed E-state index contributed by atoms with van der Waals surface area (Å²) in [5.74, 6) is -114. The quantitative estimate of drug-likeness (QED) is 0.100. The van der Waals surface area contributed by atoms with Crippen LogP contribution in [0.3, 0.4) is 0 Å². The first kappa shape index (κ1) is 44.3. The zero-order chi connectivity index (χ0) is 39.1. The van der Waals surface area contributed by atoms with Crippen molar-refractivity contribution in [3.8, 4) is 0 Å². The van der Waals surface area contributed by atoms with E-state index in [2.05, 4.69) is 4.74 Å². The van der Waals surface area contributed by atoms with Crippen molar-refractivity contribution in [2.24, 2.45) is 0 Å². The summed E-state index contributed by atoms with van der Waals surface area (Å²) in [6, 6.07) is 0. The van der Waals surface area contributed by atoms with E-state index >= 15 is 0 Å². The first-order valence-electron chi connectivity index (χ1n) is 10.4. The lowest BCUT2D eigenvalue weighted by molar-refractivity contribution is -0.484. The molecule has 0 fully saturated rings. The summed E-state index contributed by atoms with van der Waals surface area (Å²) in [5.41, 5.74) is -3.44. The zero-order valence-electron chi connectivity index (χ0n) is 20.9. The molecule has 0 rings (SSSR count). The molecule has 0 bridgehead atoms. The highest BCUT2D eigenvalue weighted by Crippen LogP contribution is 2.68. The Labute approximate surface area is 238 Å². The van der Waals surface area contributed by atoms with E-state index in [1.165, 1.54) is 0 Å². The number of alkyl halides is 27. The van der Waals surface area contributed by atoms with Gasteiger partial charge in [-0.05, 0) is 6.92 Å². The highest BCUT2D eigenvalue weighted by Gasteiger charge is 3.00. The molecule has 0 amide bonds. The van der Waals surface area contributed by atoms with Crippen LogP contribution in [0, 0.1) is 0 Å². The van der Waals surface area contributed by atoms with E-state index in [0.717, 1.165) is 0 Å². The number of esters is 1. The maximum Gasteiger partial charge on any atom is 0.460 e. The standard InChI is InChI=1S/C18H7F27O2/c1-3-47-5(46)4(2)6(19,20)7(21,22)8(23,24)9(25,26)10(27,28)11(29,30)12(31,32)13(33,34)14(35,36)15(37,38)16(39,40)17(41,42)18(43,44)45/h2-3H2,1H3. The smallest absolute Gasteiger partial charge is 0.460 e. The molecule has 2 nitrogen and oxygen atoms in total. The van der Waals surface area contributed by atoms with Gasteiger partial charge < -0.3 is 4.74 Å². The lowest BCUT2D eigenvalue weighted by Crippen LogP contribution is -2.78. The van der Waals surface area contributed by atoms with Gasteiger partial charge in [0, 0.05) is 0 Å². The predicted molar refractivity (Wildman–Crippen MR) is 91.2 cm³/mol. The Hall–Kier alpha value is -2.68. The molecule has 0 spiro atoms. The SMILES string of the molecule is C=C(C(=O)OCC)C(F)(F)C(F)(F)C(F)(F)C(F)(F)C(F)(F)C(F)(F)C(F)(F)C(F)(F)C(F)(F)C(F)(F)C(F)(F)C(F)(F)C(F)(F)F. The lowest BCUT2D eigenvalue weighted by atomic mass is 9.83. The monoisotopic (exact) mass is 768 g/mol. The van der Waals surface area contributed by atoms with Crippen LogP contribution >= 0.6 is 0 Å². The van der Waals surface area contributed by atoms with Gasteiger partial charge in [0.05, 0.1) is 6.61 Å². The summed E-state index contributed by atoms with van der Waals surface area (Å²) in [5, 5.41) is 0. The van der Waals surface area contributed by atoms with Crippen LogP contribution < -0.4 is 0 Å². The van der Waals surface area contributed by atoms with Gasteiger partial charge in [0.1, 0.15) is 5.57 Å². The van der Waals surface area contributed by atoms with Gasteiger partial charge in [0.15, 0.2) is 0 Å². The minimum Gasteiger partial charge on any atom is -0.462 e. The molecule has 0 aromatic heterocycles. The minimum absolute atomic E-state index is 0.616. The largest absolute Gasteiger partial charge is 0.462 e. The van der Waals surface area contributed by atoms with Crippen molar-refractivity contribution >= 4 is 5.97 Å². The van der Waals surface area contributed by atoms with E-state index < -0.39 is 95.4 Å². The van der Waals surface area contributed by atoms with Crippen LogP contribution in [-0.4, -0.2) is 89.8 Å². The molecule has 0 aliphatic heterocycles. The molecule has 0 atom stereocenters. The second-order valence-corrected chi connectivity index (χ2v) is 8.59. The topological polar surface area (TPSA) is 26.3 Å². The van der Waals surface area contributed by atoms with Crippen molar-refractivity contribution in [1.82, 2.24) is 0 Å². The summed E-state index contributed by atoms with van der Waals surface area (Å²) in [6.45, 7) is 1.04. The summed E-state index contributed by atoms with van der Waals surface area (Å²) in [7, 11) is 0. The van der Waals surface area contributed by atoms with E-state index in [-0.39, 0.29) is 0 Å². The number of hydrogen-bond donors (Lipinski definition) is 0. The van der Waals surface area contributed by atoms with Crippen LogP contribution in [0.1, 0.15) is 6.92 Å². The summed E-state index contributed by atoms with van der Waals surface area (Å²) < 4.78 is 366. The van der Waals surface area contributed by atoms with Crippen LogP contribution in [0.25, 0.3) is 0 Å². The number of carbonyl (C=O) groups is 1. The van der Waals surface area contributed by atoms with Gasteiger partial charge in [-0.15, -0.1) is 0 Å². The molecule has 0 N–H and O–H groups in total. The fourth-order valence-corrected chi connectivity index (χ4v) is 2.69. The molecular weight excluding hydrogens is 761 g/mol. The van der Waals surface area contributed by atoms with Gasteiger partial charge in [-0.3, -0.25) is 0 Å². The Morgan fingerprint density at radius 1 is 0.404 bits per heavy atom. The van der Waals surface area contributed by atoms with Gasteiger partial charge >= 0.3 is 83.2 Å². The third-order valence-electron chi connectivity index (χ3n) is 5.59. The van der Waals surface area contributed by atoms with Gasteiger partial charge in [0.2, 0.25) is 0 Å². The molecule has 0 saturated carbocycles. The van der Waals surface area contributed by atoms with E-state index in [0.29, 0.717) is 6.92 Å². The summed E-state index contributed by atoms with van der Waals surface area (Å²) >= 11 is 0. The van der Waals surface area contributed by atoms with Crippen LogP contribution in [0.5, 0.6) is 0 Å². The Balaban J connectivity index is 7.49. The first-order chi connectivity index (χ1) is 19.9. The van der Waals surface area contributed by atoms with Gasteiger partial charge in [-0.25, -0.2) is 4.79 Å².